The van der Waals surface area contributed by atoms with Crippen molar-refractivity contribution < 1.29 is 4.39 Å². The van der Waals surface area contributed by atoms with Gasteiger partial charge in [0.25, 0.3) is 0 Å². The first-order chi connectivity index (χ1) is 8.20. The molecule has 0 spiro atoms. The highest BCUT2D eigenvalue weighted by atomic mass is 19.1. The molecule has 0 bridgehead atoms. The van der Waals surface area contributed by atoms with E-state index in [0.717, 1.165) is 31.6 Å². The SMILES string of the molecule is Cc1cc(N2CCC(=CC#N)CC2)ccc1F. The highest BCUT2D eigenvalue weighted by Gasteiger charge is 2.14. The van der Waals surface area contributed by atoms with Gasteiger partial charge in [0.05, 0.1) is 6.07 Å². The molecule has 0 unspecified atom stereocenters. The Balaban J connectivity index is 2.08. The van der Waals surface area contributed by atoms with Crippen molar-refractivity contribution in [3.63, 3.8) is 0 Å². The number of allylic oxidation sites excluding steroid dienone is 1. The number of aryl methyl sites for hydroxylation is 1. The minimum atomic E-state index is -0.157. The van der Waals surface area contributed by atoms with Gasteiger partial charge in [0.1, 0.15) is 5.82 Å². The molecule has 0 N–H and O–H groups in total. The summed E-state index contributed by atoms with van der Waals surface area (Å²) >= 11 is 0. The van der Waals surface area contributed by atoms with E-state index in [1.807, 2.05) is 12.1 Å². The second-order valence-corrected chi connectivity index (χ2v) is 4.35. The first kappa shape index (κ1) is 11.7. The van der Waals surface area contributed by atoms with Crippen molar-refractivity contribution in [1.82, 2.24) is 0 Å². The van der Waals surface area contributed by atoms with Gasteiger partial charge in [0.2, 0.25) is 0 Å². The molecule has 17 heavy (non-hydrogen) atoms. The first-order valence-corrected chi connectivity index (χ1v) is 5.79. The zero-order valence-electron chi connectivity index (χ0n) is 9.91. The molecule has 2 rings (SSSR count). The summed E-state index contributed by atoms with van der Waals surface area (Å²) in [5.41, 5.74) is 2.96. The van der Waals surface area contributed by atoms with Gasteiger partial charge in [-0.15, -0.1) is 0 Å². The second-order valence-electron chi connectivity index (χ2n) is 4.35. The van der Waals surface area contributed by atoms with E-state index >= 15 is 0 Å². The van der Waals surface area contributed by atoms with Crippen LogP contribution in [0.25, 0.3) is 0 Å². The van der Waals surface area contributed by atoms with Gasteiger partial charge < -0.3 is 4.90 Å². The fraction of sp³-hybridized carbons (Fsp3) is 0.357. The zero-order chi connectivity index (χ0) is 12.3. The van der Waals surface area contributed by atoms with Gasteiger partial charge in [-0.1, -0.05) is 5.57 Å². The third kappa shape index (κ3) is 2.65. The Kier molecular flexibility index (Phi) is 3.43. The summed E-state index contributed by atoms with van der Waals surface area (Å²) in [6, 6.07) is 7.30. The molecular formula is C14H15FN2. The van der Waals surface area contributed by atoms with Crippen LogP contribution < -0.4 is 4.90 Å². The van der Waals surface area contributed by atoms with Crippen molar-refractivity contribution in [2.75, 3.05) is 18.0 Å². The Morgan fingerprint density at radius 1 is 1.35 bits per heavy atom. The van der Waals surface area contributed by atoms with Crippen LogP contribution in [-0.2, 0) is 0 Å². The molecule has 1 aromatic rings. The lowest BCUT2D eigenvalue weighted by atomic mass is 10.0. The van der Waals surface area contributed by atoms with Crippen LogP contribution in [0.2, 0.25) is 0 Å². The number of nitrogens with zero attached hydrogens (tertiary/aromatic N) is 2. The third-order valence-electron chi connectivity index (χ3n) is 3.18. The molecule has 1 heterocycles. The van der Waals surface area contributed by atoms with Gasteiger partial charge in [-0.3, -0.25) is 0 Å². The maximum absolute atomic E-state index is 13.2. The number of piperidine rings is 1. The topological polar surface area (TPSA) is 27.0 Å². The van der Waals surface area contributed by atoms with Crippen LogP contribution in [0.3, 0.4) is 0 Å². The normalized spacial score (nSPS) is 15.6. The number of benzene rings is 1. The van der Waals surface area contributed by atoms with Crippen LogP contribution in [0.4, 0.5) is 10.1 Å². The Hall–Kier alpha value is -1.82. The van der Waals surface area contributed by atoms with Gasteiger partial charge in [-0.2, -0.15) is 5.26 Å². The van der Waals surface area contributed by atoms with Gasteiger partial charge in [-0.05, 0) is 43.5 Å². The van der Waals surface area contributed by atoms with E-state index in [4.69, 9.17) is 5.26 Å². The van der Waals surface area contributed by atoms with Crippen molar-refractivity contribution in [2.45, 2.75) is 19.8 Å². The highest BCUT2D eigenvalue weighted by Crippen LogP contribution is 2.24. The summed E-state index contributed by atoms with van der Waals surface area (Å²) in [4.78, 5) is 2.24. The minimum Gasteiger partial charge on any atom is -0.371 e. The molecule has 1 aromatic carbocycles. The van der Waals surface area contributed by atoms with Crippen LogP contribution in [-0.4, -0.2) is 13.1 Å². The van der Waals surface area contributed by atoms with Crippen molar-refractivity contribution in [3.8, 4) is 6.07 Å². The molecule has 3 heteroatoms. The Labute approximate surface area is 101 Å². The Morgan fingerprint density at radius 2 is 2.06 bits per heavy atom. The summed E-state index contributed by atoms with van der Waals surface area (Å²) in [5.74, 6) is -0.157. The number of hydrogen-bond acceptors (Lipinski definition) is 2. The van der Waals surface area contributed by atoms with E-state index in [0.29, 0.717) is 5.56 Å². The lowest BCUT2D eigenvalue weighted by Crippen LogP contribution is -2.30. The third-order valence-corrected chi connectivity index (χ3v) is 3.18. The van der Waals surface area contributed by atoms with Crippen molar-refractivity contribution in [3.05, 3.63) is 41.2 Å². The molecule has 1 aliphatic heterocycles. The molecule has 0 saturated carbocycles. The predicted octanol–water partition coefficient (Wildman–Crippen LogP) is 3.18. The molecule has 0 amide bonds. The second kappa shape index (κ2) is 5.01. The summed E-state index contributed by atoms with van der Waals surface area (Å²) < 4.78 is 13.2. The fourth-order valence-corrected chi connectivity index (χ4v) is 2.11. The molecule has 1 saturated heterocycles. The standard InChI is InChI=1S/C14H15FN2/c1-11-10-13(2-3-14(11)15)17-8-5-12(4-7-16)6-9-17/h2-4,10H,5-6,8-9H2,1H3. The summed E-state index contributed by atoms with van der Waals surface area (Å²) in [5, 5.41) is 8.59. The largest absolute Gasteiger partial charge is 0.371 e. The quantitative estimate of drug-likeness (QED) is 0.693. The van der Waals surface area contributed by atoms with E-state index in [-0.39, 0.29) is 5.82 Å². The highest BCUT2D eigenvalue weighted by molar-refractivity contribution is 5.49. The van der Waals surface area contributed by atoms with Crippen molar-refractivity contribution >= 4 is 5.69 Å². The van der Waals surface area contributed by atoms with Crippen LogP contribution in [0.15, 0.2) is 29.8 Å². The molecule has 1 fully saturated rings. The van der Waals surface area contributed by atoms with Crippen LogP contribution in [0.1, 0.15) is 18.4 Å². The lowest BCUT2D eigenvalue weighted by molar-refractivity contribution is 0.617. The van der Waals surface area contributed by atoms with Crippen LogP contribution in [0.5, 0.6) is 0 Å². The number of nitriles is 1. The van der Waals surface area contributed by atoms with Crippen LogP contribution in [0, 0.1) is 24.1 Å². The number of rotatable bonds is 1. The van der Waals surface area contributed by atoms with E-state index in [9.17, 15) is 4.39 Å². The molecule has 1 aliphatic rings. The van der Waals surface area contributed by atoms with Gasteiger partial charge >= 0.3 is 0 Å². The van der Waals surface area contributed by atoms with E-state index < -0.39 is 0 Å². The number of halogens is 1. The summed E-state index contributed by atoms with van der Waals surface area (Å²) in [6.07, 6.45) is 3.49. The lowest BCUT2D eigenvalue weighted by Gasteiger charge is -2.30. The summed E-state index contributed by atoms with van der Waals surface area (Å²) in [7, 11) is 0. The van der Waals surface area contributed by atoms with E-state index in [2.05, 4.69) is 11.0 Å². The molecule has 0 aromatic heterocycles. The monoisotopic (exact) mass is 230 g/mol. The maximum atomic E-state index is 13.2. The molecule has 0 atom stereocenters. The average Bonchev–Trinajstić information content (AvgIpc) is 2.34. The number of anilines is 1. The molecule has 2 nitrogen and oxygen atoms in total. The Morgan fingerprint density at radius 3 is 2.65 bits per heavy atom. The smallest absolute Gasteiger partial charge is 0.126 e. The molecular weight excluding hydrogens is 215 g/mol. The van der Waals surface area contributed by atoms with Crippen molar-refractivity contribution in [1.29, 1.82) is 5.26 Å². The van der Waals surface area contributed by atoms with Gasteiger partial charge in [0.15, 0.2) is 0 Å². The summed E-state index contributed by atoms with van der Waals surface area (Å²) in [6.45, 7) is 3.58. The van der Waals surface area contributed by atoms with E-state index in [1.54, 1.807) is 13.0 Å². The molecule has 0 radical (unpaired) electrons. The predicted molar refractivity (Wildman–Crippen MR) is 66.3 cm³/mol. The van der Waals surface area contributed by atoms with Crippen LogP contribution >= 0.6 is 0 Å². The Bertz CT molecular complexity index is 475. The van der Waals surface area contributed by atoms with Crippen molar-refractivity contribution in [2.24, 2.45) is 0 Å². The maximum Gasteiger partial charge on any atom is 0.126 e. The average molecular weight is 230 g/mol. The fourth-order valence-electron chi connectivity index (χ4n) is 2.11. The van der Waals surface area contributed by atoms with E-state index in [1.165, 1.54) is 11.6 Å². The first-order valence-electron chi connectivity index (χ1n) is 5.79. The zero-order valence-corrected chi connectivity index (χ0v) is 9.91. The van der Waals surface area contributed by atoms with Gasteiger partial charge in [-0.25, -0.2) is 4.39 Å². The molecule has 88 valence electrons. The minimum absolute atomic E-state index is 0.157. The number of hydrogen-bond donors (Lipinski definition) is 0. The molecule has 0 aliphatic carbocycles. The van der Waals surface area contributed by atoms with Gasteiger partial charge in [0, 0.05) is 24.9 Å².